The van der Waals surface area contributed by atoms with Gasteiger partial charge in [-0.15, -0.1) is 0 Å². The number of benzene rings is 1. The molecular weight excluding hydrogens is 352 g/mol. The number of morpholine rings is 1. The molecule has 3 aromatic rings. The molecule has 1 aromatic carbocycles. The average molecular weight is 378 g/mol. The summed E-state index contributed by atoms with van der Waals surface area (Å²) in [5.74, 6) is 0.995. The second-order valence-electron chi connectivity index (χ2n) is 7.06. The number of fused-ring (bicyclic) bond motifs is 1. The second kappa shape index (κ2) is 8.50. The molecule has 28 heavy (non-hydrogen) atoms. The smallest absolute Gasteiger partial charge is 0.226 e. The van der Waals surface area contributed by atoms with Crippen molar-refractivity contribution in [3.05, 3.63) is 42.0 Å². The average Bonchev–Trinajstić information content (AvgIpc) is 2.72. The van der Waals surface area contributed by atoms with Gasteiger partial charge in [-0.25, -0.2) is 4.98 Å². The summed E-state index contributed by atoms with van der Waals surface area (Å²) in [5, 5.41) is 4.11. The number of nitrogen functional groups attached to an aromatic ring is 1. The zero-order chi connectivity index (χ0) is 19.3. The number of pyridine rings is 1. The van der Waals surface area contributed by atoms with Gasteiger partial charge >= 0.3 is 0 Å². The number of hydrogen-bond acceptors (Lipinski definition) is 7. The molecule has 7 heteroatoms. The van der Waals surface area contributed by atoms with Gasteiger partial charge in [0.25, 0.3) is 0 Å². The van der Waals surface area contributed by atoms with Gasteiger partial charge in [0.2, 0.25) is 5.95 Å². The number of aryl methyl sites for hydroxylation is 1. The molecule has 4 rings (SSSR count). The van der Waals surface area contributed by atoms with Crippen molar-refractivity contribution in [1.29, 1.82) is 0 Å². The minimum absolute atomic E-state index is 0.463. The molecule has 0 amide bonds. The third kappa shape index (κ3) is 4.21. The zero-order valence-electron chi connectivity index (χ0n) is 16.2. The van der Waals surface area contributed by atoms with Gasteiger partial charge in [0, 0.05) is 25.2 Å². The summed E-state index contributed by atoms with van der Waals surface area (Å²) in [6.07, 6.45) is 1.01. The molecule has 146 valence electrons. The minimum atomic E-state index is 0.463. The Morgan fingerprint density at radius 3 is 2.68 bits per heavy atom. The van der Waals surface area contributed by atoms with Crippen LogP contribution >= 0.6 is 0 Å². The van der Waals surface area contributed by atoms with Gasteiger partial charge in [0.05, 0.1) is 24.3 Å². The maximum Gasteiger partial charge on any atom is 0.226 e. The largest absolute Gasteiger partial charge is 0.383 e. The Hall–Kier alpha value is -2.77. The van der Waals surface area contributed by atoms with Crippen molar-refractivity contribution in [2.75, 3.05) is 50.4 Å². The van der Waals surface area contributed by atoms with Crippen LogP contribution in [0.3, 0.4) is 0 Å². The Morgan fingerprint density at radius 2 is 1.89 bits per heavy atom. The van der Waals surface area contributed by atoms with E-state index in [2.05, 4.69) is 20.2 Å². The van der Waals surface area contributed by atoms with Gasteiger partial charge in [0.15, 0.2) is 5.65 Å². The number of aromatic nitrogens is 3. The molecule has 2 aromatic heterocycles. The molecule has 0 spiro atoms. The van der Waals surface area contributed by atoms with E-state index in [9.17, 15) is 0 Å². The normalized spacial score (nSPS) is 15.0. The molecule has 1 saturated heterocycles. The van der Waals surface area contributed by atoms with E-state index in [0.29, 0.717) is 17.4 Å². The fourth-order valence-corrected chi connectivity index (χ4v) is 3.51. The first-order valence-electron chi connectivity index (χ1n) is 9.75. The van der Waals surface area contributed by atoms with E-state index in [1.807, 2.05) is 43.3 Å². The lowest BCUT2D eigenvalue weighted by Gasteiger charge is -2.26. The molecule has 0 bridgehead atoms. The highest BCUT2D eigenvalue weighted by Crippen LogP contribution is 2.27. The van der Waals surface area contributed by atoms with E-state index in [4.69, 9.17) is 15.5 Å². The summed E-state index contributed by atoms with van der Waals surface area (Å²) >= 11 is 0. The molecular formula is C21H26N6O. The summed E-state index contributed by atoms with van der Waals surface area (Å²) in [5.41, 5.74) is 9.82. The molecule has 0 radical (unpaired) electrons. The van der Waals surface area contributed by atoms with E-state index >= 15 is 0 Å². The number of nitrogens with zero attached hydrogens (tertiary/aromatic N) is 4. The summed E-state index contributed by atoms with van der Waals surface area (Å²) in [6, 6.07) is 12.1. The van der Waals surface area contributed by atoms with Crippen LogP contribution in [0.15, 0.2) is 36.4 Å². The van der Waals surface area contributed by atoms with Crippen LogP contribution in [0.25, 0.3) is 22.3 Å². The lowest BCUT2D eigenvalue weighted by Crippen LogP contribution is -2.37. The van der Waals surface area contributed by atoms with Crippen LogP contribution in [0.5, 0.6) is 0 Å². The second-order valence-corrected chi connectivity index (χ2v) is 7.06. The molecule has 3 heterocycles. The molecule has 0 atom stereocenters. The van der Waals surface area contributed by atoms with E-state index in [-0.39, 0.29) is 0 Å². The molecule has 1 aliphatic rings. The molecule has 3 N–H and O–H groups in total. The van der Waals surface area contributed by atoms with E-state index in [1.54, 1.807) is 0 Å². The first kappa shape index (κ1) is 18.6. The van der Waals surface area contributed by atoms with Gasteiger partial charge in [-0.2, -0.15) is 9.97 Å². The Labute approximate surface area is 165 Å². The number of ether oxygens (including phenoxy) is 1. The lowest BCUT2D eigenvalue weighted by atomic mass is 10.1. The first-order chi connectivity index (χ1) is 13.7. The lowest BCUT2D eigenvalue weighted by molar-refractivity contribution is 0.0378. The summed E-state index contributed by atoms with van der Waals surface area (Å²) in [7, 11) is 0. The van der Waals surface area contributed by atoms with Crippen LogP contribution in [0.2, 0.25) is 0 Å². The summed E-state index contributed by atoms with van der Waals surface area (Å²) in [6.45, 7) is 7.51. The third-order valence-corrected chi connectivity index (χ3v) is 5.00. The van der Waals surface area contributed by atoms with Gasteiger partial charge in [0.1, 0.15) is 5.82 Å². The highest BCUT2D eigenvalue weighted by atomic mass is 16.5. The number of rotatable bonds is 6. The van der Waals surface area contributed by atoms with Crippen molar-refractivity contribution < 1.29 is 4.74 Å². The molecule has 0 unspecified atom stereocenters. The van der Waals surface area contributed by atoms with Crippen LogP contribution < -0.4 is 11.1 Å². The highest BCUT2D eigenvalue weighted by molar-refractivity contribution is 5.91. The number of anilines is 2. The van der Waals surface area contributed by atoms with Crippen LogP contribution in [0, 0.1) is 6.92 Å². The van der Waals surface area contributed by atoms with Crippen molar-refractivity contribution in [3.63, 3.8) is 0 Å². The number of nitrogens with two attached hydrogens (primary N) is 1. The van der Waals surface area contributed by atoms with Crippen molar-refractivity contribution >= 4 is 22.8 Å². The maximum absolute atomic E-state index is 6.21. The van der Waals surface area contributed by atoms with Gasteiger partial charge in [-0.05, 0) is 31.5 Å². The van der Waals surface area contributed by atoms with Gasteiger partial charge in [-0.1, -0.05) is 30.3 Å². The molecule has 0 saturated carbocycles. The molecule has 1 fully saturated rings. The van der Waals surface area contributed by atoms with Crippen LogP contribution in [-0.4, -0.2) is 59.2 Å². The van der Waals surface area contributed by atoms with E-state index < -0.39 is 0 Å². The van der Waals surface area contributed by atoms with Crippen molar-refractivity contribution in [3.8, 4) is 11.3 Å². The first-order valence-corrected chi connectivity index (χ1v) is 9.75. The standard InChI is InChI=1S/C21H26N6O/c1-15-14-17(16-6-3-2-4-7-16)24-20-18(15)19(22)25-21(26-20)23-8-5-9-27-10-12-28-13-11-27/h2-4,6-7,14H,5,8-13H2,1H3,(H3,22,23,24,25,26). The SMILES string of the molecule is Cc1cc(-c2ccccc2)nc2nc(NCCCN3CCOCC3)nc(N)c12. The number of nitrogens with one attached hydrogen (secondary N) is 1. The fourth-order valence-electron chi connectivity index (χ4n) is 3.51. The molecule has 0 aliphatic carbocycles. The molecule has 7 nitrogen and oxygen atoms in total. The van der Waals surface area contributed by atoms with Crippen molar-refractivity contribution in [2.45, 2.75) is 13.3 Å². The van der Waals surface area contributed by atoms with Crippen LogP contribution in [0.4, 0.5) is 11.8 Å². The topological polar surface area (TPSA) is 89.2 Å². The van der Waals surface area contributed by atoms with E-state index in [0.717, 1.165) is 68.0 Å². The van der Waals surface area contributed by atoms with E-state index in [1.165, 1.54) is 0 Å². The predicted octanol–water partition coefficient (Wildman–Crippen LogP) is 2.72. The Kier molecular flexibility index (Phi) is 5.64. The maximum atomic E-state index is 6.21. The Bertz CT molecular complexity index is 941. The third-order valence-electron chi connectivity index (χ3n) is 5.00. The summed E-state index contributed by atoms with van der Waals surface area (Å²) in [4.78, 5) is 16.2. The van der Waals surface area contributed by atoms with Gasteiger partial charge < -0.3 is 15.8 Å². The fraction of sp³-hybridized carbons (Fsp3) is 0.381. The van der Waals surface area contributed by atoms with Crippen molar-refractivity contribution in [2.24, 2.45) is 0 Å². The quantitative estimate of drug-likeness (QED) is 0.638. The minimum Gasteiger partial charge on any atom is -0.383 e. The summed E-state index contributed by atoms with van der Waals surface area (Å²) < 4.78 is 5.38. The predicted molar refractivity (Wildman–Crippen MR) is 112 cm³/mol. The monoisotopic (exact) mass is 378 g/mol. The van der Waals surface area contributed by atoms with Crippen LogP contribution in [0.1, 0.15) is 12.0 Å². The number of hydrogen-bond donors (Lipinski definition) is 2. The van der Waals surface area contributed by atoms with Gasteiger partial charge in [-0.3, -0.25) is 4.90 Å². The Balaban J connectivity index is 1.49. The zero-order valence-corrected chi connectivity index (χ0v) is 16.2. The van der Waals surface area contributed by atoms with Crippen molar-refractivity contribution in [1.82, 2.24) is 19.9 Å². The highest BCUT2D eigenvalue weighted by Gasteiger charge is 2.12. The molecule has 1 aliphatic heterocycles. The van der Waals surface area contributed by atoms with Crippen LogP contribution in [-0.2, 0) is 4.74 Å². The Morgan fingerprint density at radius 1 is 1.11 bits per heavy atom.